The van der Waals surface area contributed by atoms with Gasteiger partial charge in [0.2, 0.25) is 0 Å². The van der Waals surface area contributed by atoms with Gasteiger partial charge < -0.3 is 4.90 Å². The van der Waals surface area contributed by atoms with Gasteiger partial charge in [0.05, 0.1) is 15.6 Å². The van der Waals surface area contributed by atoms with Crippen molar-refractivity contribution in [2.75, 3.05) is 31.1 Å². The summed E-state index contributed by atoms with van der Waals surface area (Å²) in [5, 5.41) is 10.4. The van der Waals surface area contributed by atoms with E-state index in [9.17, 15) is 5.26 Å². The van der Waals surface area contributed by atoms with Crippen molar-refractivity contribution in [1.82, 2.24) is 9.88 Å². The van der Waals surface area contributed by atoms with Crippen molar-refractivity contribution in [3.05, 3.63) is 57.7 Å². The van der Waals surface area contributed by atoms with Gasteiger partial charge in [0.1, 0.15) is 11.9 Å². The van der Waals surface area contributed by atoms with Crippen LogP contribution in [-0.4, -0.2) is 36.1 Å². The Kier molecular flexibility index (Phi) is 5.02. The predicted molar refractivity (Wildman–Crippen MR) is 92.9 cm³/mol. The van der Waals surface area contributed by atoms with Gasteiger partial charge in [-0.15, -0.1) is 0 Å². The molecule has 1 aromatic heterocycles. The molecule has 0 aliphatic carbocycles. The molecule has 2 heterocycles. The molecule has 2 aromatic rings. The maximum Gasteiger partial charge on any atom is 0.146 e. The van der Waals surface area contributed by atoms with Crippen LogP contribution in [0, 0.1) is 11.3 Å². The van der Waals surface area contributed by atoms with Crippen molar-refractivity contribution < 1.29 is 0 Å². The number of nitrogens with zero attached hydrogens (tertiary/aromatic N) is 4. The Bertz CT molecular complexity index is 734. The van der Waals surface area contributed by atoms with Crippen molar-refractivity contribution in [2.45, 2.75) is 6.54 Å². The fourth-order valence-corrected chi connectivity index (χ4v) is 3.07. The highest BCUT2D eigenvalue weighted by Crippen LogP contribution is 2.24. The number of rotatable bonds is 3. The molecule has 0 bridgehead atoms. The number of pyridine rings is 1. The van der Waals surface area contributed by atoms with E-state index in [1.807, 2.05) is 24.3 Å². The van der Waals surface area contributed by atoms with E-state index in [4.69, 9.17) is 23.2 Å². The highest BCUT2D eigenvalue weighted by Gasteiger charge is 2.20. The summed E-state index contributed by atoms with van der Waals surface area (Å²) in [7, 11) is 0. The van der Waals surface area contributed by atoms with E-state index in [-0.39, 0.29) is 0 Å². The summed E-state index contributed by atoms with van der Waals surface area (Å²) in [6, 6.07) is 11.6. The largest absolute Gasteiger partial charge is 0.353 e. The van der Waals surface area contributed by atoms with Crippen LogP contribution in [0.1, 0.15) is 11.1 Å². The van der Waals surface area contributed by atoms with Crippen LogP contribution in [0.4, 0.5) is 5.82 Å². The maximum atomic E-state index is 9.19. The second kappa shape index (κ2) is 7.18. The van der Waals surface area contributed by atoms with E-state index in [2.05, 4.69) is 20.9 Å². The van der Waals surface area contributed by atoms with Gasteiger partial charge in [0.15, 0.2) is 0 Å². The highest BCUT2D eigenvalue weighted by molar-refractivity contribution is 6.42. The fraction of sp³-hybridized carbons (Fsp3) is 0.294. The van der Waals surface area contributed by atoms with Crippen LogP contribution in [0.15, 0.2) is 36.5 Å². The van der Waals surface area contributed by atoms with Crippen LogP contribution in [0.25, 0.3) is 0 Å². The molecule has 23 heavy (non-hydrogen) atoms. The van der Waals surface area contributed by atoms with E-state index in [1.54, 1.807) is 12.3 Å². The van der Waals surface area contributed by atoms with Crippen LogP contribution in [0.5, 0.6) is 0 Å². The molecule has 118 valence electrons. The smallest absolute Gasteiger partial charge is 0.146 e. The van der Waals surface area contributed by atoms with Gasteiger partial charge in [-0.1, -0.05) is 29.3 Å². The molecule has 1 fully saturated rings. The number of piperazine rings is 1. The summed E-state index contributed by atoms with van der Waals surface area (Å²) in [5.74, 6) is 0.782. The molecule has 0 amide bonds. The number of hydrogen-bond donors (Lipinski definition) is 0. The summed E-state index contributed by atoms with van der Waals surface area (Å²) < 4.78 is 0. The van der Waals surface area contributed by atoms with Crippen molar-refractivity contribution in [1.29, 1.82) is 5.26 Å². The lowest BCUT2D eigenvalue weighted by Crippen LogP contribution is -2.46. The quantitative estimate of drug-likeness (QED) is 0.851. The van der Waals surface area contributed by atoms with Gasteiger partial charge in [-0.05, 0) is 29.8 Å². The first-order valence-electron chi connectivity index (χ1n) is 7.44. The van der Waals surface area contributed by atoms with Crippen molar-refractivity contribution in [2.24, 2.45) is 0 Å². The van der Waals surface area contributed by atoms with Crippen molar-refractivity contribution in [3.8, 4) is 6.07 Å². The van der Waals surface area contributed by atoms with Gasteiger partial charge in [-0.25, -0.2) is 4.98 Å². The Morgan fingerprint density at radius 1 is 1.09 bits per heavy atom. The van der Waals surface area contributed by atoms with Gasteiger partial charge in [0.25, 0.3) is 0 Å². The molecule has 1 aromatic carbocycles. The number of halogens is 2. The molecule has 0 spiro atoms. The monoisotopic (exact) mass is 346 g/mol. The molecule has 6 heteroatoms. The highest BCUT2D eigenvalue weighted by atomic mass is 35.5. The van der Waals surface area contributed by atoms with Crippen LogP contribution < -0.4 is 4.90 Å². The summed E-state index contributed by atoms with van der Waals surface area (Å²) in [4.78, 5) is 8.89. The number of aromatic nitrogens is 1. The zero-order valence-corrected chi connectivity index (χ0v) is 14.1. The zero-order chi connectivity index (χ0) is 16.2. The van der Waals surface area contributed by atoms with Crippen LogP contribution >= 0.6 is 23.2 Å². The molecule has 0 radical (unpaired) electrons. The predicted octanol–water partition coefficient (Wildman–Crippen LogP) is 3.58. The molecule has 3 rings (SSSR count). The third kappa shape index (κ3) is 3.76. The van der Waals surface area contributed by atoms with Gasteiger partial charge in [-0.3, -0.25) is 4.90 Å². The zero-order valence-electron chi connectivity index (χ0n) is 12.5. The Morgan fingerprint density at radius 3 is 2.57 bits per heavy atom. The molecule has 0 N–H and O–H groups in total. The maximum absolute atomic E-state index is 9.19. The van der Waals surface area contributed by atoms with Gasteiger partial charge >= 0.3 is 0 Å². The SMILES string of the molecule is N#Cc1cccnc1N1CCN(Cc2ccc(Cl)c(Cl)c2)CC1. The third-order valence-corrected chi connectivity index (χ3v) is 4.71. The summed E-state index contributed by atoms with van der Waals surface area (Å²) in [6.45, 7) is 4.39. The Balaban J connectivity index is 1.62. The topological polar surface area (TPSA) is 43.2 Å². The van der Waals surface area contributed by atoms with Crippen LogP contribution in [0.3, 0.4) is 0 Å². The van der Waals surface area contributed by atoms with Gasteiger partial charge in [0, 0.05) is 38.9 Å². The molecular formula is C17H16Cl2N4. The lowest BCUT2D eigenvalue weighted by molar-refractivity contribution is 0.249. The lowest BCUT2D eigenvalue weighted by atomic mass is 10.2. The number of nitriles is 1. The van der Waals surface area contributed by atoms with Crippen LogP contribution in [0.2, 0.25) is 10.0 Å². The lowest BCUT2D eigenvalue weighted by Gasteiger charge is -2.35. The first-order chi connectivity index (χ1) is 11.2. The first-order valence-corrected chi connectivity index (χ1v) is 8.19. The minimum atomic E-state index is 0.583. The molecule has 4 nitrogen and oxygen atoms in total. The first kappa shape index (κ1) is 16.1. The second-order valence-corrected chi connectivity index (χ2v) is 6.31. The molecule has 1 saturated heterocycles. The van der Waals surface area contributed by atoms with Crippen molar-refractivity contribution >= 4 is 29.0 Å². The third-order valence-electron chi connectivity index (χ3n) is 3.97. The Hall–Kier alpha value is -1.80. The molecule has 1 aliphatic heterocycles. The number of benzene rings is 1. The fourth-order valence-electron chi connectivity index (χ4n) is 2.75. The summed E-state index contributed by atoms with van der Waals surface area (Å²) in [5.41, 5.74) is 1.79. The molecular weight excluding hydrogens is 331 g/mol. The van der Waals surface area contributed by atoms with E-state index in [0.29, 0.717) is 15.6 Å². The Morgan fingerprint density at radius 2 is 1.87 bits per heavy atom. The number of anilines is 1. The summed E-state index contributed by atoms with van der Waals surface area (Å²) >= 11 is 12.0. The summed E-state index contributed by atoms with van der Waals surface area (Å²) in [6.07, 6.45) is 1.73. The van der Waals surface area contributed by atoms with E-state index in [1.165, 1.54) is 0 Å². The van der Waals surface area contributed by atoms with Crippen LogP contribution in [-0.2, 0) is 6.54 Å². The molecule has 0 unspecified atom stereocenters. The van der Waals surface area contributed by atoms with E-state index >= 15 is 0 Å². The standard InChI is InChI=1S/C17H16Cl2N4/c18-15-4-3-13(10-16(15)19)12-22-6-8-23(9-7-22)17-14(11-20)2-1-5-21-17/h1-5,10H,6-9,12H2. The van der Waals surface area contributed by atoms with E-state index in [0.717, 1.165) is 44.1 Å². The molecule has 1 aliphatic rings. The Labute approximate surface area is 145 Å². The van der Waals surface area contributed by atoms with Gasteiger partial charge in [-0.2, -0.15) is 5.26 Å². The minimum Gasteiger partial charge on any atom is -0.353 e. The second-order valence-electron chi connectivity index (χ2n) is 5.50. The van der Waals surface area contributed by atoms with E-state index < -0.39 is 0 Å². The minimum absolute atomic E-state index is 0.583. The van der Waals surface area contributed by atoms with Crippen molar-refractivity contribution in [3.63, 3.8) is 0 Å². The normalized spacial score (nSPS) is 15.4. The average Bonchev–Trinajstić information content (AvgIpc) is 2.59. The molecule has 0 atom stereocenters. The number of hydrogen-bond acceptors (Lipinski definition) is 4. The average molecular weight is 347 g/mol. The molecule has 0 saturated carbocycles.